The van der Waals surface area contributed by atoms with Crippen molar-refractivity contribution in [2.24, 2.45) is 0 Å². The van der Waals surface area contributed by atoms with Crippen molar-refractivity contribution in [2.75, 3.05) is 0 Å². The number of halogens is 3. The molecule has 0 atom stereocenters. The molecule has 0 saturated heterocycles. The lowest BCUT2D eigenvalue weighted by Gasteiger charge is -1.92. The number of hydrogen-bond donors (Lipinski definition) is 0. The van der Waals surface area contributed by atoms with Crippen molar-refractivity contribution in [1.29, 1.82) is 0 Å². The summed E-state index contributed by atoms with van der Waals surface area (Å²) in [6, 6.07) is 3.99. The van der Waals surface area contributed by atoms with Gasteiger partial charge in [-0.05, 0) is 73.2 Å². The average molecular weight is 410 g/mol. The summed E-state index contributed by atoms with van der Waals surface area (Å²) in [6.07, 6.45) is 0. The fourth-order valence-corrected chi connectivity index (χ4v) is 3.41. The van der Waals surface area contributed by atoms with Crippen LogP contribution in [-0.2, 0) is 0 Å². The van der Waals surface area contributed by atoms with Crippen molar-refractivity contribution in [2.45, 2.75) is 0 Å². The van der Waals surface area contributed by atoms with Gasteiger partial charge in [0.15, 0.2) is 0 Å². The standard InChI is InChI=1S/C5H2BrI2N/c6-4-1-3(7)2-5(8)9-4/h1-2H. The highest BCUT2D eigenvalue weighted by Gasteiger charge is 1.93. The Labute approximate surface area is 89.0 Å². The first kappa shape index (κ1) is 8.19. The van der Waals surface area contributed by atoms with Crippen molar-refractivity contribution in [1.82, 2.24) is 4.98 Å². The molecule has 0 radical (unpaired) electrons. The second-order valence-electron chi connectivity index (χ2n) is 1.43. The van der Waals surface area contributed by atoms with Crippen LogP contribution in [0.15, 0.2) is 16.7 Å². The Hall–Kier alpha value is 1.09. The van der Waals surface area contributed by atoms with Gasteiger partial charge >= 0.3 is 0 Å². The van der Waals surface area contributed by atoms with Crippen molar-refractivity contribution < 1.29 is 0 Å². The van der Waals surface area contributed by atoms with E-state index in [4.69, 9.17) is 0 Å². The fourth-order valence-electron chi connectivity index (χ4n) is 0.436. The Morgan fingerprint density at radius 3 is 2.44 bits per heavy atom. The predicted molar refractivity (Wildman–Crippen MR) is 57.4 cm³/mol. The van der Waals surface area contributed by atoms with Gasteiger partial charge in [0.05, 0.1) is 0 Å². The maximum atomic E-state index is 4.13. The van der Waals surface area contributed by atoms with Gasteiger partial charge in [-0.15, -0.1) is 0 Å². The molecular formula is C5H2BrI2N. The Kier molecular flexibility index (Phi) is 3.16. The molecule has 1 nitrogen and oxygen atoms in total. The van der Waals surface area contributed by atoms with E-state index in [1.807, 2.05) is 12.1 Å². The minimum absolute atomic E-state index is 0.902. The molecule has 0 N–H and O–H groups in total. The molecule has 0 unspecified atom stereocenters. The average Bonchev–Trinajstić information content (AvgIpc) is 1.59. The van der Waals surface area contributed by atoms with Crippen LogP contribution in [0.5, 0.6) is 0 Å². The number of pyridine rings is 1. The van der Waals surface area contributed by atoms with Gasteiger partial charge in [0.1, 0.15) is 8.30 Å². The number of nitrogens with zero attached hydrogens (tertiary/aromatic N) is 1. The van der Waals surface area contributed by atoms with Gasteiger partial charge in [-0.1, -0.05) is 0 Å². The van der Waals surface area contributed by atoms with Gasteiger partial charge in [0.25, 0.3) is 0 Å². The summed E-state index contributed by atoms with van der Waals surface area (Å²) in [7, 11) is 0. The van der Waals surface area contributed by atoms with E-state index in [1.54, 1.807) is 0 Å². The van der Waals surface area contributed by atoms with Crippen molar-refractivity contribution in [3.63, 3.8) is 0 Å². The van der Waals surface area contributed by atoms with Crippen LogP contribution < -0.4 is 0 Å². The molecule has 0 spiro atoms. The molecule has 0 fully saturated rings. The summed E-state index contributed by atoms with van der Waals surface area (Å²) < 4.78 is 3.13. The highest BCUT2D eigenvalue weighted by molar-refractivity contribution is 14.1. The lowest BCUT2D eigenvalue weighted by Crippen LogP contribution is -1.81. The van der Waals surface area contributed by atoms with Gasteiger partial charge in [0, 0.05) is 3.57 Å². The van der Waals surface area contributed by atoms with Crippen LogP contribution in [0.2, 0.25) is 0 Å². The number of aromatic nitrogens is 1. The summed E-state index contributed by atoms with van der Waals surface area (Å²) in [5, 5.41) is 0. The van der Waals surface area contributed by atoms with Gasteiger partial charge < -0.3 is 0 Å². The van der Waals surface area contributed by atoms with E-state index in [1.165, 1.54) is 3.57 Å². The van der Waals surface area contributed by atoms with Gasteiger partial charge in [-0.25, -0.2) is 4.98 Å². The Balaban J connectivity index is 3.17. The van der Waals surface area contributed by atoms with Crippen LogP contribution in [0.3, 0.4) is 0 Å². The molecule has 0 bridgehead atoms. The lowest BCUT2D eigenvalue weighted by atomic mass is 10.5. The van der Waals surface area contributed by atoms with Crippen molar-refractivity contribution >= 4 is 61.1 Å². The van der Waals surface area contributed by atoms with E-state index >= 15 is 0 Å². The lowest BCUT2D eigenvalue weighted by molar-refractivity contribution is 1.21. The molecule has 0 aliphatic heterocycles. The monoisotopic (exact) mass is 409 g/mol. The van der Waals surface area contributed by atoms with Gasteiger partial charge in [0.2, 0.25) is 0 Å². The van der Waals surface area contributed by atoms with Gasteiger partial charge in [-0.2, -0.15) is 0 Å². The third kappa shape index (κ3) is 2.67. The topological polar surface area (TPSA) is 12.9 Å². The maximum Gasteiger partial charge on any atom is 0.108 e. The zero-order valence-electron chi connectivity index (χ0n) is 4.24. The highest BCUT2D eigenvalue weighted by Crippen LogP contribution is 2.14. The summed E-state index contributed by atoms with van der Waals surface area (Å²) >= 11 is 7.73. The maximum absolute atomic E-state index is 4.13. The van der Waals surface area contributed by atoms with Crippen LogP contribution in [0.4, 0.5) is 0 Å². The first-order valence-electron chi connectivity index (χ1n) is 2.17. The molecule has 1 heterocycles. The Morgan fingerprint density at radius 1 is 1.33 bits per heavy atom. The molecule has 1 aromatic rings. The molecule has 0 saturated carbocycles. The van der Waals surface area contributed by atoms with E-state index in [0.717, 1.165) is 8.30 Å². The zero-order valence-corrected chi connectivity index (χ0v) is 10.1. The molecule has 1 aromatic heterocycles. The van der Waals surface area contributed by atoms with Crippen molar-refractivity contribution in [3.05, 3.63) is 24.0 Å². The molecule has 1 rings (SSSR count). The summed E-state index contributed by atoms with van der Waals surface area (Å²) in [4.78, 5) is 4.13. The second-order valence-corrected chi connectivity index (χ2v) is 4.59. The van der Waals surface area contributed by atoms with Crippen LogP contribution in [0.25, 0.3) is 0 Å². The molecule has 9 heavy (non-hydrogen) atoms. The SMILES string of the molecule is Brc1cc(I)cc(I)n1. The highest BCUT2D eigenvalue weighted by atomic mass is 127. The van der Waals surface area contributed by atoms with E-state index in [2.05, 4.69) is 66.1 Å². The van der Waals surface area contributed by atoms with Crippen LogP contribution in [0.1, 0.15) is 0 Å². The van der Waals surface area contributed by atoms with E-state index < -0.39 is 0 Å². The Morgan fingerprint density at radius 2 is 2.00 bits per heavy atom. The largest absolute Gasteiger partial charge is 0.235 e. The minimum atomic E-state index is 0.902. The fraction of sp³-hybridized carbons (Fsp3) is 0. The molecule has 0 aliphatic rings. The third-order valence-corrected chi connectivity index (χ3v) is 2.31. The third-order valence-electron chi connectivity index (χ3n) is 0.728. The summed E-state index contributed by atoms with van der Waals surface area (Å²) in [5.41, 5.74) is 0. The first-order valence-corrected chi connectivity index (χ1v) is 5.12. The predicted octanol–water partition coefficient (Wildman–Crippen LogP) is 3.05. The smallest absolute Gasteiger partial charge is 0.108 e. The van der Waals surface area contributed by atoms with Crippen LogP contribution in [-0.4, -0.2) is 4.98 Å². The molecule has 0 amide bonds. The quantitative estimate of drug-likeness (QED) is 0.474. The summed E-state index contributed by atoms with van der Waals surface area (Å²) in [5.74, 6) is 0. The van der Waals surface area contributed by atoms with E-state index in [-0.39, 0.29) is 0 Å². The van der Waals surface area contributed by atoms with Crippen molar-refractivity contribution in [3.8, 4) is 0 Å². The number of rotatable bonds is 0. The summed E-state index contributed by atoms with van der Waals surface area (Å²) in [6.45, 7) is 0. The molecule has 48 valence electrons. The zero-order chi connectivity index (χ0) is 6.85. The minimum Gasteiger partial charge on any atom is -0.235 e. The number of hydrogen-bond acceptors (Lipinski definition) is 1. The van der Waals surface area contributed by atoms with E-state index in [0.29, 0.717) is 0 Å². The van der Waals surface area contributed by atoms with Crippen LogP contribution >= 0.6 is 61.1 Å². The van der Waals surface area contributed by atoms with Gasteiger partial charge in [-0.3, -0.25) is 0 Å². The molecule has 4 heteroatoms. The molecule has 0 aromatic carbocycles. The van der Waals surface area contributed by atoms with E-state index in [9.17, 15) is 0 Å². The normalized spacial score (nSPS) is 9.67. The Bertz CT molecular complexity index is 176. The van der Waals surface area contributed by atoms with Crippen LogP contribution in [0, 0.1) is 7.27 Å². The molecular weight excluding hydrogens is 408 g/mol. The molecule has 0 aliphatic carbocycles. The first-order chi connectivity index (χ1) is 4.18. The second kappa shape index (κ2) is 3.47.